The average Bonchev–Trinajstić information content (AvgIpc) is 1.56. The number of carbonyl (C=O) groups is 1. The van der Waals surface area contributed by atoms with Gasteiger partial charge in [-0.2, -0.15) is 0 Å². The van der Waals surface area contributed by atoms with E-state index in [0.717, 1.165) is 0 Å². The van der Waals surface area contributed by atoms with Crippen molar-refractivity contribution in [3.05, 3.63) is 0 Å². The van der Waals surface area contributed by atoms with Crippen molar-refractivity contribution in [3.63, 3.8) is 0 Å². The van der Waals surface area contributed by atoms with E-state index in [1.807, 2.05) is 0 Å². The second-order valence-electron chi connectivity index (χ2n) is 1.75. The van der Waals surface area contributed by atoms with Crippen LogP contribution in [-0.4, -0.2) is 25.0 Å². The van der Waals surface area contributed by atoms with E-state index < -0.39 is 0 Å². The van der Waals surface area contributed by atoms with Gasteiger partial charge in [-0.15, -0.1) is 0 Å². The summed E-state index contributed by atoms with van der Waals surface area (Å²) in [5.74, 6) is -0.0370. The van der Waals surface area contributed by atoms with Crippen LogP contribution in [0, 0.1) is 0 Å². The summed E-state index contributed by atoms with van der Waals surface area (Å²) in [6.45, 7) is 1.47. The van der Waals surface area contributed by atoms with Crippen LogP contribution < -0.4 is 5.43 Å². The van der Waals surface area contributed by atoms with Crippen molar-refractivity contribution < 1.29 is 9.72 Å². The molecule has 7 heteroatoms. The Balaban J connectivity index is 0. The Morgan fingerprint density at radius 3 is 1.64 bits per heavy atom. The summed E-state index contributed by atoms with van der Waals surface area (Å²) in [5, 5.41) is 1.60. The molecule has 0 aliphatic carbocycles. The minimum absolute atomic E-state index is 0.0370. The molecule has 0 aliphatic heterocycles. The summed E-state index contributed by atoms with van der Waals surface area (Å²) in [6, 6.07) is 0. The molecule has 1 N–H and O–H groups in total. The van der Waals surface area contributed by atoms with Crippen molar-refractivity contribution in [2.24, 2.45) is 0 Å². The van der Waals surface area contributed by atoms with Crippen LogP contribution in [0.3, 0.4) is 0 Å². The van der Waals surface area contributed by atoms with E-state index in [-0.39, 0.29) is 10.8 Å². The number of hydrogen-bond donors (Lipinski definition) is 1. The van der Waals surface area contributed by atoms with E-state index >= 15 is 0 Å². The van der Waals surface area contributed by atoms with Gasteiger partial charge in [0.15, 0.2) is 0 Å². The summed E-state index contributed by atoms with van der Waals surface area (Å²) in [5.41, 5.74) is 2.50. The SMILES string of the molecule is CC(=O)NN(C)C.[I][V]([I])[I]. The molecule has 0 saturated heterocycles. The van der Waals surface area contributed by atoms with E-state index in [1.54, 1.807) is 19.1 Å². The van der Waals surface area contributed by atoms with Crippen LogP contribution in [0.15, 0.2) is 0 Å². The zero-order valence-electron chi connectivity index (χ0n) is 6.44. The van der Waals surface area contributed by atoms with E-state index in [9.17, 15) is 4.79 Å². The second kappa shape index (κ2) is 10.3. The average molecular weight is 534 g/mol. The van der Waals surface area contributed by atoms with Crippen molar-refractivity contribution in [2.75, 3.05) is 14.1 Å². The molecule has 0 spiro atoms. The van der Waals surface area contributed by atoms with Crippen molar-refractivity contribution in [3.8, 4) is 0 Å². The third-order valence-electron chi connectivity index (χ3n) is 0.381. The predicted octanol–water partition coefficient (Wildman–Crippen LogP) is 2.25. The molecule has 0 unspecified atom stereocenters. The molecule has 1 amide bonds. The van der Waals surface area contributed by atoms with Gasteiger partial charge >= 0.3 is 64.9 Å². The van der Waals surface area contributed by atoms with Gasteiger partial charge in [-0.25, -0.2) is 5.01 Å². The molecule has 0 saturated carbocycles. The third-order valence-corrected chi connectivity index (χ3v) is 0.381. The van der Waals surface area contributed by atoms with Gasteiger partial charge in [0, 0.05) is 21.0 Å². The molecule has 0 aliphatic rings. The first-order valence-electron chi connectivity index (χ1n) is 2.58. The third kappa shape index (κ3) is 33.0. The summed E-state index contributed by atoms with van der Waals surface area (Å²) in [4.78, 5) is 9.82. The van der Waals surface area contributed by atoms with Crippen LogP contribution in [0.5, 0.6) is 0 Å². The fourth-order valence-corrected chi connectivity index (χ4v) is 0.315. The molecule has 0 aromatic heterocycles. The van der Waals surface area contributed by atoms with Gasteiger partial charge in [-0.05, 0) is 0 Å². The van der Waals surface area contributed by atoms with Crippen LogP contribution >= 0.6 is 59.9 Å². The molecule has 0 radical (unpaired) electrons. The van der Waals surface area contributed by atoms with Crippen LogP contribution in [0.25, 0.3) is 0 Å². The number of hydrogen-bond acceptors (Lipinski definition) is 2. The van der Waals surface area contributed by atoms with Gasteiger partial charge in [0.25, 0.3) is 0 Å². The molecule has 11 heavy (non-hydrogen) atoms. The number of hydrazine groups is 1. The summed E-state index contributed by atoms with van der Waals surface area (Å²) >= 11 is 7.39. The first-order chi connectivity index (χ1) is 4.86. The molecule has 0 rings (SSSR count). The topological polar surface area (TPSA) is 32.3 Å². The Hall–Kier alpha value is 2.20. The van der Waals surface area contributed by atoms with Gasteiger partial charge in [0.2, 0.25) is 5.91 Å². The number of rotatable bonds is 1. The molecular formula is C4H10I3N2OV. The van der Waals surface area contributed by atoms with Crippen molar-refractivity contribution >= 4 is 65.8 Å². The van der Waals surface area contributed by atoms with Crippen LogP contribution in [0.2, 0.25) is 0 Å². The van der Waals surface area contributed by atoms with Crippen LogP contribution in [0.4, 0.5) is 0 Å². The van der Waals surface area contributed by atoms with E-state index in [0.29, 0.717) is 0 Å². The Kier molecular flexibility index (Phi) is 14.7. The number of carbonyl (C=O) groups excluding carboxylic acids is 1. The minimum atomic E-state index is -0.278. The van der Waals surface area contributed by atoms with Gasteiger partial charge in [0.1, 0.15) is 0 Å². The van der Waals surface area contributed by atoms with Crippen LogP contribution in [0.1, 0.15) is 6.92 Å². The summed E-state index contributed by atoms with van der Waals surface area (Å²) in [6.07, 6.45) is 0. The van der Waals surface area contributed by atoms with E-state index in [2.05, 4.69) is 65.4 Å². The van der Waals surface area contributed by atoms with Crippen LogP contribution in [-0.2, 0) is 9.72 Å². The van der Waals surface area contributed by atoms with Gasteiger partial charge in [0.05, 0.1) is 0 Å². The molecule has 0 bridgehead atoms. The molecule has 0 fully saturated rings. The first-order valence-corrected chi connectivity index (χ1v) is 16.1. The zero-order chi connectivity index (χ0) is 9.44. The fraction of sp³-hybridized carbons (Fsp3) is 0.750. The maximum absolute atomic E-state index is 10.1. The van der Waals surface area contributed by atoms with Gasteiger partial charge in [-0.3, -0.25) is 10.2 Å². The van der Waals surface area contributed by atoms with Crippen molar-refractivity contribution in [2.45, 2.75) is 6.92 Å². The molecule has 0 heterocycles. The molecule has 0 atom stereocenters. The number of halogens is 3. The summed E-state index contributed by atoms with van der Waals surface area (Å²) in [7, 11) is 3.53. The molecule has 3 nitrogen and oxygen atoms in total. The molecule has 68 valence electrons. The maximum atomic E-state index is 10.1. The monoisotopic (exact) mass is 534 g/mol. The molecule has 0 aromatic carbocycles. The van der Waals surface area contributed by atoms with Gasteiger partial charge < -0.3 is 0 Å². The van der Waals surface area contributed by atoms with Crippen molar-refractivity contribution in [1.29, 1.82) is 0 Å². The summed E-state index contributed by atoms with van der Waals surface area (Å²) < 4.78 is 0. The Bertz CT molecular complexity index is 109. The zero-order valence-corrected chi connectivity index (χ0v) is 14.3. The Morgan fingerprint density at radius 2 is 1.64 bits per heavy atom. The molecule has 0 aromatic rings. The molecular weight excluding hydrogens is 524 g/mol. The predicted molar refractivity (Wildman–Crippen MR) is 69.6 cm³/mol. The standard InChI is InChI=1S/C4H10N2O.3HI.V/c1-4(7)5-6(2)3;;;;/h1-3H3,(H,5,7);3*1H;/q;;;;+3/p-3. The second-order valence-corrected chi connectivity index (χ2v) is 37.1. The number of nitrogens with one attached hydrogen (secondary N) is 1. The number of amides is 1. The van der Waals surface area contributed by atoms with Gasteiger partial charge in [-0.1, -0.05) is 0 Å². The van der Waals surface area contributed by atoms with E-state index in [1.165, 1.54) is 6.92 Å². The van der Waals surface area contributed by atoms with E-state index in [4.69, 9.17) is 0 Å². The normalized spacial score (nSPS) is 9.09. The number of nitrogens with zero attached hydrogens (tertiary/aromatic N) is 1. The Labute approximate surface area is 105 Å². The first kappa shape index (κ1) is 15.7. The fourth-order valence-electron chi connectivity index (χ4n) is 0.315. The Morgan fingerprint density at radius 1 is 1.36 bits per heavy atom. The van der Waals surface area contributed by atoms with Crippen molar-refractivity contribution in [1.82, 2.24) is 10.4 Å². The quantitative estimate of drug-likeness (QED) is 0.414.